The molecule has 0 amide bonds. The van der Waals surface area contributed by atoms with Gasteiger partial charge >= 0.3 is 5.97 Å². The number of carbonyl (C=O) groups is 1. The Kier molecular flexibility index (Phi) is 5.55. The zero-order chi connectivity index (χ0) is 17.0. The molecule has 0 bridgehead atoms. The van der Waals surface area contributed by atoms with Crippen LogP contribution in [-0.4, -0.2) is 22.0 Å². The maximum Gasteiger partial charge on any atom is 0.328 e. The van der Waals surface area contributed by atoms with E-state index in [0.29, 0.717) is 12.2 Å². The number of nitrogens with zero attached hydrogens (tertiary/aromatic N) is 1. The molecule has 0 saturated carbocycles. The smallest absolute Gasteiger partial charge is 0.328 e. The second kappa shape index (κ2) is 7.42. The number of hydrogen-bond donors (Lipinski definition) is 2. The summed E-state index contributed by atoms with van der Waals surface area (Å²) >= 11 is 0. The number of para-hydroxylation sites is 1. The van der Waals surface area contributed by atoms with Crippen LogP contribution in [-0.2, 0) is 11.2 Å². The normalized spacial score (nSPS) is 12.7. The van der Waals surface area contributed by atoms with Crippen LogP contribution in [0.1, 0.15) is 56.4 Å². The van der Waals surface area contributed by atoms with Gasteiger partial charge in [-0.15, -0.1) is 0 Å². The van der Waals surface area contributed by atoms with E-state index in [1.165, 1.54) is 0 Å². The first-order valence-electron chi connectivity index (χ1n) is 7.97. The molecule has 1 aromatic heterocycles. The minimum atomic E-state index is -0.726. The summed E-state index contributed by atoms with van der Waals surface area (Å²) in [7, 11) is 0. The van der Waals surface area contributed by atoms with Crippen molar-refractivity contribution in [1.29, 1.82) is 0 Å². The highest BCUT2D eigenvalue weighted by molar-refractivity contribution is 5.79. The molecule has 0 radical (unpaired) electrons. The van der Waals surface area contributed by atoms with Gasteiger partial charge < -0.3 is 15.5 Å². The number of carbonyl (C=O) groups excluding carboxylic acids is 1. The summed E-state index contributed by atoms with van der Waals surface area (Å²) in [6.45, 7) is 8.34. The van der Waals surface area contributed by atoms with E-state index in [2.05, 4.69) is 37.7 Å². The molecule has 5 nitrogen and oxygen atoms in total. The molecule has 0 spiro atoms. The average molecular weight is 315 g/mol. The van der Waals surface area contributed by atoms with Gasteiger partial charge in [0.2, 0.25) is 0 Å². The second-order valence-electron chi connectivity index (χ2n) is 6.38. The number of rotatable bonds is 6. The lowest BCUT2D eigenvalue weighted by atomic mass is 9.94. The minimum Gasteiger partial charge on any atom is -0.425 e. The summed E-state index contributed by atoms with van der Waals surface area (Å²) in [6, 6.07) is 5.28. The average Bonchev–Trinajstić information content (AvgIpc) is 2.99. The van der Waals surface area contributed by atoms with E-state index >= 15 is 0 Å². The number of esters is 1. The molecule has 1 unspecified atom stereocenters. The number of nitrogens with one attached hydrogen (secondary N) is 1. The van der Waals surface area contributed by atoms with Crippen molar-refractivity contribution in [2.45, 2.75) is 52.0 Å². The Balaban J connectivity index is 2.22. The molecular weight excluding hydrogens is 290 g/mol. The lowest BCUT2D eigenvalue weighted by molar-refractivity contribution is -0.135. The first-order valence-corrected chi connectivity index (χ1v) is 7.97. The van der Waals surface area contributed by atoms with E-state index in [9.17, 15) is 4.79 Å². The van der Waals surface area contributed by atoms with Crippen molar-refractivity contribution in [2.75, 3.05) is 0 Å². The van der Waals surface area contributed by atoms with Crippen molar-refractivity contribution in [2.24, 2.45) is 5.73 Å². The van der Waals surface area contributed by atoms with Crippen LogP contribution in [0.15, 0.2) is 30.7 Å². The molecule has 23 heavy (non-hydrogen) atoms. The fraction of sp³-hybridized carbons (Fsp3) is 0.444. The predicted octanol–water partition coefficient (Wildman–Crippen LogP) is 3.13. The molecule has 0 saturated heterocycles. The Bertz CT molecular complexity index is 622. The third kappa shape index (κ3) is 4.20. The third-order valence-corrected chi connectivity index (χ3v) is 3.82. The van der Waals surface area contributed by atoms with E-state index in [4.69, 9.17) is 10.5 Å². The molecule has 0 fully saturated rings. The SMILES string of the molecule is CC(C)c1cccc(C(C)C)c1OC(=O)C(N)Cc1cnc[nH]1. The number of benzene rings is 1. The highest BCUT2D eigenvalue weighted by atomic mass is 16.5. The van der Waals surface area contributed by atoms with Crippen LogP contribution in [0.2, 0.25) is 0 Å². The molecule has 0 aliphatic carbocycles. The number of ether oxygens (including phenoxy) is 1. The van der Waals surface area contributed by atoms with Crippen molar-refractivity contribution in [3.8, 4) is 5.75 Å². The molecule has 1 heterocycles. The number of hydrogen-bond acceptors (Lipinski definition) is 4. The Morgan fingerprint density at radius 1 is 1.22 bits per heavy atom. The Morgan fingerprint density at radius 2 is 1.83 bits per heavy atom. The largest absolute Gasteiger partial charge is 0.425 e. The first kappa shape index (κ1) is 17.2. The number of aromatic amines is 1. The monoisotopic (exact) mass is 315 g/mol. The van der Waals surface area contributed by atoms with Gasteiger partial charge in [0.1, 0.15) is 11.8 Å². The van der Waals surface area contributed by atoms with Crippen LogP contribution in [0, 0.1) is 0 Å². The van der Waals surface area contributed by atoms with Gasteiger partial charge in [-0.2, -0.15) is 0 Å². The van der Waals surface area contributed by atoms with Crippen LogP contribution in [0.25, 0.3) is 0 Å². The summed E-state index contributed by atoms with van der Waals surface area (Å²) in [4.78, 5) is 19.3. The zero-order valence-electron chi connectivity index (χ0n) is 14.2. The van der Waals surface area contributed by atoms with Crippen LogP contribution in [0.5, 0.6) is 5.75 Å². The Labute approximate surface area is 137 Å². The molecule has 1 aromatic carbocycles. The predicted molar refractivity (Wildman–Crippen MR) is 90.5 cm³/mol. The Morgan fingerprint density at radius 3 is 2.30 bits per heavy atom. The van der Waals surface area contributed by atoms with Gasteiger partial charge in [0.15, 0.2) is 0 Å². The highest BCUT2D eigenvalue weighted by Gasteiger charge is 2.22. The second-order valence-corrected chi connectivity index (χ2v) is 6.38. The van der Waals surface area contributed by atoms with Gasteiger partial charge in [-0.3, -0.25) is 0 Å². The van der Waals surface area contributed by atoms with E-state index in [1.54, 1.807) is 12.5 Å². The van der Waals surface area contributed by atoms with E-state index in [1.807, 2.05) is 18.2 Å². The molecule has 0 aliphatic heterocycles. The molecule has 1 atom stereocenters. The number of imidazole rings is 1. The maximum atomic E-state index is 12.4. The highest BCUT2D eigenvalue weighted by Crippen LogP contribution is 2.34. The van der Waals surface area contributed by atoms with Crippen molar-refractivity contribution in [1.82, 2.24) is 9.97 Å². The van der Waals surface area contributed by atoms with Gasteiger partial charge in [-0.05, 0) is 23.0 Å². The molecule has 2 aromatic rings. The van der Waals surface area contributed by atoms with Gasteiger partial charge in [0.25, 0.3) is 0 Å². The molecule has 2 rings (SSSR count). The van der Waals surface area contributed by atoms with E-state index < -0.39 is 12.0 Å². The van der Waals surface area contributed by atoms with Crippen LogP contribution in [0.4, 0.5) is 0 Å². The third-order valence-electron chi connectivity index (χ3n) is 3.82. The first-order chi connectivity index (χ1) is 10.9. The maximum absolute atomic E-state index is 12.4. The standard InChI is InChI=1S/C18H25N3O2/c1-11(2)14-6-5-7-15(12(3)4)17(14)23-18(22)16(19)8-13-9-20-10-21-13/h5-7,9-12,16H,8,19H2,1-4H3,(H,20,21). The lowest BCUT2D eigenvalue weighted by Crippen LogP contribution is -2.36. The molecule has 124 valence electrons. The summed E-state index contributed by atoms with van der Waals surface area (Å²) in [5, 5.41) is 0. The number of H-pyrrole nitrogens is 1. The molecule has 5 heteroatoms. The van der Waals surface area contributed by atoms with Crippen molar-refractivity contribution < 1.29 is 9.53 Å². The number of aromatic nitrogens is 2. The molecular formula is C18H25N3O2. The summed E-state index contributed by atoms with van der Waals surface area (Å²) < 4.78 is 5.71. The topological polar surface area (TPSA) is 81.0 Å². The van der Waals surface area contributed by atoms with Crippen molar-refractivity contribution >= 4 is 5.97 Å². The van der Waals surface area contributed by atoms with E-state index in [-0.39, 0.29) is 11.8 Å². The molecule has 0 aliphatic rings. The van der Waals surface area contributed by atoms with E-state index in [0.717, 1.165) is 16.8 Å². The lowest BCUT2D eigenvalue weighted by Gasteiger charge is -2.20. The van der Waals surface area contributed by atoms with Crippen LogP contribution < -0.4 is 10.5 Å². The fourth-order valence-electron chi connectivity index (χ4n) is 2.49. The van der Waals surface area contributed by atoms with Gasteiger partial charge in [0.05, 0.1) is 6.33 Å². The fourth-order valence-corrected chi connectivity index (χ4v) is 2.49. The minimum absolute atomic E-state index is 0.264. The summed E-state index contributed by atoms with van der Waals surface area (Å²) in [6.07, 6.45) is 3.60. The molecule has 3 N–H and O–H groups in total. The van der Waals surface area contributed by atoms with Crippen molar-refractivity contribution in [3.05, 3.63) is 47.5 Å². The zero-order valence-corrected chi connectivity index (χ0v) is 14.2. The summed E-state index contributed by atoms with van der Waals surface area (Å²) in [5.74, 6) is 0.762. The van der Waals surface area contributed by atoms with Crippen molar-refractivity contribution in [3.63, 3.8) is 0 Å². The van der Waals surface area contributed by atoms with Crippen LogP contribution in [0.3, 0.4) is 0 Å². The van der Waals surface area contributed by atoms with Crippen LogP contribution >= 0.6 is 0 Å². The number of nitrogens with two attached hydrogens (primary N) is 1. The summed E-state index contributed by atoms with van der Waals surface area (Å²) in [5.41, 5.74) is 8.85. The Hall–Kier alpha value is -2.14. The van der Waals surface area contributed by atoms with Gasteiger partial charge in [-0.1, -0.05) is 45.9 Å². The van der Waals surface area contributed by atoms with Gasteiger partial charge in [0, 0.05) is 18.3 Å². The quantitative estimate of drug-likeness (QED) is 0.634. The van der Waals surface area contributed by atoms with Gasteiger partial charge in [-0.25, -0.2) is 9.78 Å².